The third-order valence-corrected chi connectivity index (χ3v) is 2.36. The number of nitriles is 1. The van der Waals surface area contributed by atoms with Gasteiger partial charge in [0.15, 0.2) is 11.6 Å². The zero-order valence-electron chi connectivity index (χ0n) is 8.61. The van der Waals surface area contributed by atoms with Crippen molar-refractivity contribution in [1.29, 1.82) is 5.26 Å². The van der Waals surface area contributed by atoms with E-state index in [1.807, 2.05) is 0 Å². The smallest absolute Gasteiger partial charge is 0.162 e. The van der Waals surface area contributed by atoms with Gasteiger partial charge in [-0.3, -0.25) is 0 Å². The van der Waals surface area contributed by atoms with Crippen molar-refractivity contribution >= 4 is 0 Å². The number of aliphatic hydroxyl groups excluding tert-OH is 2. The second-order valence-corrected chi connectivity index (χ2v) is 3.45. The van der Waals surface area contributed by atoms with Crippen molar-refractivity contribution in [2.75, 3.05) is 0 Å². The standard InChI is InChI=1S/C11H11F2NO2/c1-6-7(2-3-8(12)10(6)13)11(16)9(15)4-5-14/h2-3,9,11,15-16H,4H2,1H3. The van der Waals surface area contributed by atoms with Crippen molar-refractivity contribution in [3.05, 3.63) is 34.9 Å². The molecule has 0 fully saturated rings. The Morgan fingerprint density at radius 1 is 1.38 bits per heavy atom. The summed E-state index contributed by atoms with van der Waals surface area (Å²) in [6.07, 6.45) is -2.98. The average Bonchev–Trinajstić information content (AvgIpc) is 2.26. The van der Waals surface area contributed by atoms with Crippen LogP contribution in [0.1, 0.15) is 23.7 Å². The SMILES string of the molecule is Cc1c(C(O)C(O)CC#N)ccc(F)c1F. The van der Waals surface area contributed by atoms with Crippen molar-refractivity contribution in [1.82, 2.24) is 0 Å². The van der Waals surface area contributed by atoms with Crippen LogP contribution >= 0.6 is 0 Å². The van der Waals surface area contributed by atoms with Crippen LogP contribution in [0, 0.1) is 29.9 Å². The molecular formula is C11H11F2NO2. The third kappa shape index (κ3) is 2.35. The van der Waals surface area contributed by atoms with E-state index in [2.05, 4.69) is 0 Å². The average molecular weight is 227 g/mol. The summed E-state index contributed by atoms with van der Waals surface area (Å²) in [6.45, 7) is 1.30. The van der Waals surface area contributed by atoms with Gasteiger partial charge >= 0.3 is 0 Å². The highest BCUT2D eigenvalue weighted by atomic mass is 19.2. The largest absolute Gasteiger partial charge is 0.389 e. The Morgan fingerprint density at radius 2 is 2.00 bits per heavy atom. The van der Waals surface area contributed by atoms with Gasteiger partial charge in [-0.25, -0.2) is 8.78 Å². The van der Waals surface area contributed by atoms with E-state index in [0.29, 0.717) is 0 Å². The summed E-state index contributed by atoms with van der Waals surface area (Å²) in [6, 6.07) is 3.75. The van der Waals surface area contributed by atoms with Crippen LogP contribution < -0.4 is 0 Å². The molecule has 0 amide bonds. The first-order valence-corrected chi connectivity index (χ1v) is 4.66. The fourth-order valence-electron chi connectivity index (χ4n) is 1.40. The third-order valence-electron chi connectivity index (χ3n) is 2.36. The van der Waals surface area contributed by atoms with Crippen molar-refractivity contribution in [3.8, 4) is 6.07 Å². The summed E-state index contributed by atoms with van der Waals surface area (Å²) < 4.78 is 26.0. The number of benzene rings is 1. The lowest BCUT2D eigenvalue weighted by Gasteiger charge is -2.18. The van der Waals surface area contributed by atoms with Gasteiger partial charge in [-0.1, -0.05) is 6.07 Å². The summed E-state index contributed by atoms with van der Waals surface area (Å²) in [5.74, 6) is -2.07. The first-order chi connectivity index (χ1) is 7.49. The summed E-state index contributed by atoms with van der Waals surface area (Å²) in [5.41, 5.74) is 0.0196. The van der Waals surface area contributed by atoms with Gasteiger partial charge in [0.2, 0.25) is 0 Å². The molecule has 16 heavy (non-hydrogen) atoms. The van der Waals surface area contributed by atoms with E-state index in [0.717, 1.165) is 6.07 Å². The van der Waals surface area contributed by atoms with E-state index < -0.39 is 23.8 Å². The maximum atomic E-state index is 13.2. The van der Waals surface area contributed by atoms with Crippen LogP contribution in [0.25, 0.3) is 0 Å². The first kappa shape index (κ1) is 12.6. The molecule has 0 aliphatic carbocycles. The summed E-state index contributed by atoms with van der Waals surface area (Å²) >= 11 is 0. The number of hydrogen-bond donors (Lipinski definition) is 2. The molecule has 0 bridgehead atoms. The Bertz CT molecular complexity index is 429. The first-order valence-electron chi connectivity index (χ1n) is 4.66. The van der Waals surface area contributed by atoms with Gasteiger partial charge in [-0.15, -0.1) is 0 Å². The molecule has 0 aromatic heterocycles. The van der Waals surface area contributed by atoms with Crippen LogP contribution in [-0.4, -0.2) is 16.3 Å². The zero-order chi connectivity index (χ0) is 12.3. The van der Waals surface area contributed by atoms with Crippen LogP contribution in [0.2, 0.25) is 0 Å². The van der Waals surface area contributed by atoms with E-state index in [-0.39, 0.29) is 17.5 Å². The molecule has 0 saturated carbocycles. The highest BCUT2D eigenvalue weighted by molar-refractivity contribution is 5.30. The minimum atomic E-state index is -1.39. The van der Waals surface area contributed by atoms with Gasteiger partial charge in [-0.2, -0.15) is 5.26 Å². The predicted octanol–water partition coefficient (Wildman–Crippen LogP) is 1.58. The Labute approximate surface area is 91.6 Å². The molecule has 2 N–H and O–H groups in total. The van der Waals surface area contributed by atoms with Crippen molar-refractivity contribution in [2.45, 2.75) is 25.6 Å². The van der Waals surface area contributed by atoms with Gasteiger partial charge in [-0.05, 0) is 24.1 Å². The van der Waals surface area contributed by atoms with Gasteiger partial charge in [0.1, 0.15) is 6.10 Å². The topological polar surface area (TPSA) is 64.2 Å². The maximum Gasteiger partial charge on any atom is 0.162 e. The molecule has 0 saturated heterocycles. The van der Waals surface area contributed by atoms with Crippen molar-refractivity contribution in [3.63, 3.8) is 0 Å². The highest BCUT2D eigenvalue weighted by Gasteiger charge is 2.22. The fraction of sp³-hybridized carbons (Fsp3) is 0.364. The highest BCUT2D eigenvalue weighted by Crippen LogP contribution is 2.25. The second-order valence-electron chi connectivity index (χ2n) is 3.45. The van der Waals surface area contributed by atoms with Crippen LogP contribution in [0.3, 0.4) is 0 Å². The molecule has 1 aromatic carbocycles. The predicted molar refractivity (Wildman–Crippen MR) is 52.3 cm³/mol. The number of rotatable bonds is 3. The Balaban J connectivity index is 3.06. The molecule has 0 spiro atoms. The van der Waals surface area contributed by atoms with Gasteiger partial charge in [0.05, 0.1) is 18.6 Å². The van der Waals surface area contributed by atoms with Gasteiger partial charge < -0.3 is 10.2 Å². The Kier molecular flexibility index (Phi) is 3.93. The molecule has 1 rings (SSSR count). The zero-order valence-corrected chi connectivity index (χ0v) is 8.61. The minimum Gasteiger partial charge on any atom is -0.389 e. The van der Waals surface area contributed by atoms with Crippen LogP contribution in [-0.2, 0) is 0 Å². The summed E-state index contributed by atoms with van der Waals surface area (Å²) in [5, 5.41) is 27.3. The number of aliphatic hydroxyl groups is 2. The lowest BCUT2D eigenvalue weighted by Crippen LogP contribution is -2.19. The van der Waals surface area contributed by atoms with Gasteiger partial charge in [0, 0.05) is 0 Å². The molecule has 0 aliphatic heterocycles. The van der Waals surface area contributed by atoms with Gasteiger partial charge in [0.25, 0.3) is 0 Å². The van der Waals surface area contributed by atoms with E-state index in [4.69, 9.17) is 5.26 Å². The molecule has 0 aliphatic rings. The van der Waals surface area contributed by atoms with Crippen molar-refractivity contribution in [2.24, 2.45) is 0 Å². The molecule has 1 aromatic rings. The molecule has 2 unspecified atom stereocenters. The molecule has 0 radical (unpaired) electrons. The fourth-order valence-corrected chi connectivity index (χ4v) is 1.40. The summed E-state index contributed by atoms with van der Waals surface area (Å²) in [4.78, 5) is 0. The van der Waals surface area contributed by atoms with E-state index in [1.54, 1.807) is 6.07 Å². The molecule has 3 nitrogen and oxygen atoms in total. The number of hydrogen-bond acceptors (Lipinski definition) is 3. The lowest BCUT2D eigenvalue weighted by molar-refractivity contribution is 0.0210. The minimum absolute atomic E-state index is 0.0653. The lowest BCUT2D eigenvalue weighted by atomic mass is 9.97. The second kappa shape index (κ2) is 5.01. The molecule has 86 valence electrons. The molecule has 5 heteroatoms. The van der Waals surface area contributed by atoms with E-state index in [1.165, 1.54) is 13.0 Å². The monoisotopic (exact) mass is 227 g/mol. The number of halogens is 2. The maximum absolute atomic E-state index is 13.2. The Morgan fingerprint density at radius 3 is 2.56 bits per heavy atom. The van der Waals surface area contributed by atoms with E-state index in [9.17, 15) is 19.0 Å². The molecular weight excluding hydrogens is 216 g/mol. The van der Waals surface area contributed by atoms with Crippen LogP contribution in [0.5, 0.6) is 0 Å². The quantitative estimate of drug-likeness (QED) is 0.824. The Hall–Kier alpha value is -1.51. The van der Waals surface area contributed by atoms with Crippen LogP contribution in [0.4, 0.5) is 8.78 Å². The van der Waals surface area contributed by atoms with Crippen LogP contribution in [0.15, 0.2) is 12.1 Å². The molecule has 0 heterocycles. The van der Waals surface area contributed by atoms with E-state index >= 15 is 0 Å². The molecule has 2 atom stereocenters. The van der Waals surface area contributed by atoms with Crippen molar-refractivity contribution < 1.29 is 19.0 Å². The number of nitrogens with zero attached hydrogens (tertiary/aromatic N) is 1. The summed E-state index contributed by atoms with van der Waals surface area (Å²) in [7, 11) is 0. The normalized spacial score (nSPS) is 14.2.